The SMILES string of the molecule is Cc1ccc(C)c(OCC(=O)c2ccc3c(c2)N(CCCC(=O)Nc2ccccc2)C(=O)CO3)c1. The first-order valence-corrected chi connectivity index (χ1v) is 11.6. The summed E-state index contributed by atoms with van der Waals surface area (Å²) in [5, 5.41) is 2.84. The van der Waals surface area contributed by atoms with Gasteiger partial charge in [0.15, 0.2) is 19.0 Å². The van der Waals surface area contributed by atoms with Crippen LogP contribution < -0.4 is 19.7 Å². The zero-order chi connectivity index (χ0) is 24.8. The summed E-state index contributed by atoms with van der Waals surface area (Å²) < 4.78 is 11.3. The summed E-state index contributed by atoms with van der Waals surface area (Å²) in [4.78, 5) is 39.3. The number of carbonyl (C=O) groups is 3. The lowest BCUT2D eigenvalue weighted by Crippen LogP contribution is -2.39. The quantitative estimate of drug-likeness (QED) is 0.456. The minimum Gasteiger partial charge on any atom is -0.485 e. The van der Waals surface area contributed by atoms with E-state index in [2.05, 4.69) is 5.32 Å². The third-order valence-corrected chi connectivity index (χ3v) is 5.77. The van der Waals surface area contributed by atoms with Crippen molar-refractivity contribution in [2.24, 2.45) is 0 Å². The fraction of sp³-hybridized carbons (Fsp3) is 0.250. The normalized spacial score (nSPS) is 12.5. The number of ketones is 1. The van der Waals surface area contributed by atoms with Gasteiger partial charge in [-0.1, -0.05) is 30.3 Å². The summed E-state index contributed by atoms with van der Waals surface area (Å²) >= 11 is 0. The minimum absolute atomic E-state index is 0.0771. The van der Waals surface area contributed by atoms with Crippen molar-refractivity contribution in [2.45, 2.75) is 26.7 Å². The standard InChI is InChI=1S/C28H28N2O5/c1-19-10-11-20(2)26(15-19)34-17-24(31)21-12-13-25-23(16-21)30(28(33)18-35-25)14-6-9-27(32)29-22-7-4-3-5-8-22/h3-5,7-8,10-13,15-16H,6,9,14,17-18H2,1-2H3,(H,29,32). The smallest absolute Gasteiger partial charge is 0.265 e. The average Bonchev–Trinajstić information content (AvgIpc) is 2.86. The Hall–Kier alpha value is -4.13. The van der Waals surface area contributed by atoms with E-state index in [-0.39, 0.29) is 37.2 Å². The van der Waals surface area contributed by atoms with Gasteiger partial charge in [0.1, 0.15) is 11.5 Å². The molecule has 7 heteroatoms. The van der Waals surface area contributed by atoms with Crippen molar-refractivity contribution in [3.05, 3.63) is 83.4 Å². The lowest BCUT2D eigenvalue weighted by atomic mass is 10.1. The molecular weight excluding hydrogens is 444 g/mol. The molecule has 0 unspecified atom stereocenters. The molecule has 2 amide bonds. The van der Waals surface area contributed by atoms with E-state index in [4.69, 9.17) is 9.47 Å². The average molecular weight is 473 g/mol. The Morgan fingerprint density at radius 3 is 2.63 bits per heavy atom. The number of rotatable bonds is 9. The van der Waals surface area contributed by atoms with Crippen LogP contribution in [-0.4, -0.2) is 37.4 Å². The van der Waals surface area contributed by atoms with Crippen LogP contribution in [0.4, 0.5) is 11.4 Å². The molecule has 180 valence electrons. The maximum absolute atomic E-state index is 12.8. The number of benzene rings is 3. The predicted molar refractivity (Wildman–Crippen MR) is 134 cm³/mol. The van der Waals surface area contributed by atoms with Gasteiger partial charge in [-0.2, -0.15) is 0 Å². The third-order valence-electron chi connectivity index (χ3n) is 5.77. The highest BCUT2D eigenvalue weighted by Crippen LogP contribution is 2.33. The molecule has 1 heterocycles. The number of anilines is 2. The molecule has 3 aromatic rings. The van der Waals surface area contributed by atoms with Crippen LogP contribution in [0, 0.1) is 13.8 Å². The molecule has 0 atom stereocenters. The van der Waals surface area contributed by atoms with Gasteiger partial charge in [-0.3, -0.25) is 14.4 Å². The highest BCUT2D eigenvalue weighted by Gasteiger charge is 2.26. The summed E-state index contributed by atoms with van der Waals surface area (Å²) in [6.07, 6.45) is 0.731. The van der Waals surface area contributed by atoms with Crippen molar-refractivity contribution in [3.63, 3.8) is 0 Å². The van der Waals surface area contributed by atoms with Crippen molar-refractivity contribution < 1.29 is 23.9 Å². The molecule has 0 saturated heterocycles. The second kappa shape index (κ2) is 10.9. The van der Waals surface area contributed by atoms with Gasteiger partial charge in [0.05, 0.1) is 5.69 Å². The molecule has 35 heavy (non-hydrogen) atoms. The fourth-order valence-electron chi connectivity index (χ4n) is 3.85. The predicted octanol–water partition coefficient (Wildman–Crippen LogP) is 4.71. The highest BCUT2D eigenvalue weighted by atomic mass is 16.5. The van der Waals surface area contributed by atoms with Crippen LogP contribution in [0.1, 0.15) is 34.3 Å². The Morgan fingerprint density at radius 2 is 1.83 bits per heavy atom. The Balaban J connectivity index is 1.39. The van der Waals surface area contributed by atoms with Gasteiger partial charge in [0.2, 0.25) is 5.91 Å². The summed E-state index contributed by atoms with van der Waals surface area (Å²) in [5.41, 5.74) is 3.70. The number of fused-ring (bicyclic) bond motifs is 1. The number of ether oxygens (including phenoxy) is 2. The number of hydrogen-bond donors (Lipinski definition) is 1. The van der Waals surface area contributed by atoms with E-state index in [1.165, 1.54) is 0 Å². The molecule has 7 nitrogen and oxygen atoms in total. The Labute approximate surface area is 204 Å². The summed E-state index contributed by atoms with van der Waals surface area (Å²) in [6.45, 7) is 4.05. The van der Waals surface area contributed by atoms with Crippen LogP contribution in [0.2, 0.25) is 0 Å². The van der Waals surface area contributed by atoms with Crippen LogP contribution in [0.5, 0.6) is 11.5 Å². The van der Waals surface area contributed by atoms with E-state index in [0.717, 1.165) is 16.8 Å². The van der Waals surface area contributed by atoms with Crippen molar-refractivity contribution in [2.75, 3.05) is 30.0 Å². The molecule has 1 aliphatic rings. The molecular formula is C28H28N2O5. The Bertz CT molecular complexity index is 1240. The van der Waals surface area contributed by atoms with Gasteiger partial charge in [-0.25, -0.2) is 0 Å². The molecule has 1 aliphatic heterocycles. The molecule has 0 saturated carbocycles. The molecule has 4 rings (SSSR count). The summed E-state index contributed by atoms with van der Waals surface area (Å²) in [7, 11) is 0. The molecule has 0 spiro atoms. The van der Waals surface area contributed by atoms with E-state index in [1.807, 2.05) is 62.4 Å². The lowest BCUT2D eigenvalue weighted by Gasteiger charge is -2.29. The van der Waals surface area contributed by atoms with Crippen molar-refractivity contribution in [3.8, 4) is 11.5 Å². The lowest BCUT2D eigenvalue weighted by molar-refractivity contribution is -0.121. The molecule has 0 aromatic heterocycles. The first-order valence-electron chi connectivity index (χ1n) is 11.6. The molecule has 0 fully saturated rings. The fourth-order valence-corrected chi connectivity index (χ4v) is 3.85. The minimum atomic E-state index is -0.211. The zero-order valence-electron chi connectivity index (χ0n) is 19.9. The monoisotopic (exact) mass is 472 g/mol. The van der Waals surface area contributed by atoms with Gasteiger partial charge >= 0.3 is 0 Å². The van der Waals surface area contributed by atoms with E-state index in [0.29, 0.717) is 35.7 Å². The molecule has 0 aliphatic carbocycles. The van der Waals surface area contributed by atoms with Crippen LogP contribution in [0.3, 0.4) is 0 Å². The van der Waals surface area contributed by atoms with Gasteiger partial charge in [-0.15, -0.1) is 0 Å². The van der Waals surface area contributed by atoms with E-state index in [9.17, 15) is 14.4 Å². The number of Topliss-reactive ketones (excluding diaryl/α,β-unsaturated/α-hetero) is 1. The topological polar surface area (TPSA) is 84.9 Å². The number of para-hydroxylation sites is 1. The summed E-state index contributed by atoms with van der Waals surface area (Å²) in [5.74, 6) is 0.673. The molecule has 0 radical (unpaired) electrons. The second-order valence-corrected chi connectivity index (χ2v) is 8.52. The van der Waals surface area contributed by atoms with Crippen LogP contribution in [0.25, 0.3) is 0 Å². The van der Waals surface area contributed by atoms with E-state index < -0.39 is 0 Å². The van der Waals surface area contributed by atoms with Gasteiger partial charge < -0.3 is 19.7 Å². The Morgan fingerprint density at radius 1 is 1.03 bits per heavy atom. The third kappa shape index (κ3) is 6.06. The van der Waals surface area contributed by atoms with E-state index in [1.54, 1.807) is 23.1 Å². The van der Waals surface area contributed by atoms with Gasteiger partial charge in [-0.05, 0) is 67.8 Å². The number of carbonyl (C=O) groups excluding carboxylic acids is 3. The van der Waals surface area contributed by atoms with Gasteiger partial charge in [0.25, 0.3) is 5.91 Å². The number of aryl methyl sites for hydroxylation is 2. The van der Waals surface area contributed by atoms with Crippen LogP contribution in [-0.2, 0) is 9.59 Å². The van der Waals surface area contributed by atoms with Gasteiger partial charge in [0, 0.05) is 24.2 Å². The first-order chi connectivity index (χ1) is 16.9. The number of hydrogen-bond acceptors (Lipinski definition) is 5. The largest absolute Gasteiger partial charge is 0.485 e. The van der Waals surface area contributed by atoms with Crippen molar-refractivity contribution >= 4 is 29.0 Å². The number of amides is 2. The highest BCUT2D eigenvalue weighted by molar-refractivity contribution is 6.02. The zero-order valence-corrected chi connectivity index (χ0v) is 19.9. The van der Waals surface area contributed by atoms with Crippen LogP contribution >= 0.6 is 0 Å². The first kappa shape index (κ1) is 24.0. The number of nitrogens with one attached hydrogen (secondary N) is 1. The van der Waals surface area contributed by atoms with Crippen LogP contribution in [0.15, 0.2) is 66.7 Å². The van der Waals surface area contributed by atoms with Crippen molar-refractivity contribution in [1.82, 2.24) is 0 Å². The molecule has 1 N–H and O–H groups in total. The molecule has 0 bridgehead atoms. The van der Waals surface area contributed by atoms with E-state index >= 15 is 0 Å². The van der Waals surface area contributed by atoms with Crippen molar-refractivity contribution in [1.29, 1.82) is 0 Å². The molecule has 3 aromatic carbocycles. The second-order valence-electron chi connectivity index (χ2n) is 8.52. The summed E-state index contributed by atoms with van der Waals surface area (Å²) in [6, 6.07) is 20.1. The Kier molecular flexibility index (Phi) is 7.45. The maximum Gasteiger partial charge on any atom is 0.265 e. The number of nitrogens with zero attached hydrogens (tertiary/aromatic N) is 1. The maximum atomic E-state index is 12.8.